The summed E-state index contributed by atoms with van der Waals surface area (Å²) < 4.78 is 0. The molecule has 0 aromatic carbocycles. The van der Waals surface area contributed by atoms with Gasteiger partial charge in [0.05, 0.1) is 18.1 Å². The average molecular weight is 329 g/mol. The molecule has 23 heavy (non-hydrogen) atoms. The molecule has 0 amide bonds. The van der Waals surface area contributed by atoms with Gasteiger partial charge in [0.25, 0.3) is 0 Å². The van der Waals surface area contributed by atoms with Crippen LogP contribution in [0.2, 0.25) is 0 Å². The zero-order valence-corrected chi connectivity index (χ0v) is 14.5. The third-order valence-electron chi connectivity index (χ3n) is 4.26. The molecule has 1 aliphatic rings. The largest absolute Gasteiger partial charge is 0.366 e. The Morgan fingerprint density at radius 3 is 3.00 bits per heavy atom. The first-order chi connectivity index (χ1) is 11.2. The van der Waals surface area contributed by atoms with Crippen molar-refractivity contribution in [3.8, 4) is 0 Å². The van der Waals surface area contributed by atoms with Crippen LogP contribution in [0.1, 0.15) is 19.0 Å². The summed E-state index contributed by atoms with van der Waals surface area (Å²) in [4.78, 5) is 15.7. The molecule has 2 aromatic heterocycles. The summed E-state index contributed by atoms with van der Waals surface area (Å²) in [5, 5.41) is 4.51. The Bertz CT molecular complexity index is 621. The van der Waals surface area contributed by atoms with E-state index in [2.05, 4.69) is 44.2 Å². The zero-order chi connectivity index (χ0) is 16.1. The predicted molar refractivity (Wildman–Crippen MR) is 94.5 cm³/mol. The summed E-state index contributed by atoms with van der Waals surface area (Å²) in [6.45, 7) is 5.38. The fourth-order valence-electron chi connectivity index (χ4n) is 3.02. The molecule has 0 saturated carbocycles. The summed E-state index contributed by atoms with van der Waals surface area (Å²) >= 11 is 1.62. The van der Waals surface area contributed by atoms with Gasteiger partial charge in [-0.3, -0.25) is 14.9 Å². The Morgan fingerprint density at radius 2 is 2.26 bits per heavy atom. The van der Waals surface area contributed by atoms with Gasteiger partial charge >= 0.3 is 0 Å². The van der Waals surface area contributed by atoms with Crippen LogP contribution in [0.4, 0.5) is 5.82 Å². The molecule has 0 spiro atoms. The number of aromatic nitrogens is 3. The zero-order valence-electron chi connectivity index (χ0n) is 13.6. The van der Waals surface area contributed by atoms with E-state index < -0.39 is 0 Å². The highest BCUT2D eigenvalue weighted by Crippen LogP contribution is 2.22. The van der Waals surface area contributed by atoms with Crippen molar-refractivity contribution in [1.29, 1.82) is 0 Å². The number of likely N-dealkylation sites (tertiary alicyclic amines) is 1. The molecule has 1 aliphatic heterocycles. The minimum Gasteiger partial charge on any atom is -0.366 e. The van der Waals surface area contributed by atoms with Crippen LogP contribution in [0, 0.1) is 5.92 Å². The van der Waals surface area contributed by atoms with Crippen LogP contribution in [-0.2, 0) is 6.54 Å². The van der Waals surface area contributed by atoms with Gasteiger partial charge in [-0.15, -0.1) is 11.8 Å². The summed E-state index contributed by atoms with van der Waals surface area (Å²) in [6.07, 6.45) is 8.61. The molecule has 3 rings (SSSR count). The third kappa shape index (κ3) is 4.42. The SMILES string of the molecule is CSc1cncc(NC2CCN(Cc3ccccn3)CC2C)n1. The quantitative estimate of drug-likeness (QED) is 0.851. The number of rotatable bonds is 5. The van der Waals surface area contributed by atoms with E-state index >= 15 is 0 Å². The van der Waals surface area contributed by atoms with Crippen LogP contribution in [-0.4, -0.2) is 45.2 Å². The maximum Gasteiger partial charge on any atom is 0.146 e. The van der Waals surface area contributed by atoms with Crippen LogP contribution in [0.15, 0.2) is 41.8 Å². The molecule has 1 saturated heterocycles. The van der Waals surface area contributed by atoms with E-state index in [0.717, 1.165) is 42.6 Å². The monoisotopic (exact) mass is 329 g/mol. The number of hydrogen-bond acceptors (Lipinski definition) is 6. The lowest BCUT2D eigenvalue weighted by molar-refractivity contribution is 0.163. The lowest BCUT2D eigenvalue weighted by atomic mass is 9.93. The van der Waals surface area contributed by atoms with Crippen molar-refractivity contribution in [1.82, 2.24) is 19.9 Å². The maximum absolute atomic E-state index is 4.57. The van der Waals surface area contributed by atoms with Crippen molar-refractivity contribution in [2.75, 3.05) is 24.7 Å². The molecule has 2 atom stereocenters. The second-order valence-electron chi connectivity index (χ2n) is 6.02. The molecule has 2 unspecified atom stereocenters. The summed E-state index contributed by atoms with van der Waals surface area (Å²) in [6, 6.07) is 6.56. The lowest BCUT2D eigenvalue weighted by Gasteiger charge is -2.37. The van der Waals surface area contributed by atoms with Gasteiger partial charge < -0.3 is 5.32 Å². The minimum absolute atomic E-state index is 0.446. The molecule has 0 bridgehead atoms. The number of thioether (sulfide) groups is 1. The summed E-state index contributed by atoms with van der Waals surface area (Å²) in [5.74, 6) is 1.44. The highest BCUT2D eigenvalue weighted by molar-refractivity contribution is 7.98. The number of nitrogens with one attached hydrogen (secondary N) is 1. The molecule has 5 nitrogen and oxygen atoms in total. The van der Waals surface area contributed by atoms with Gasteiger partial charge in [0.15, 0.2) is 0 Å². The van der Waals surface area contributed by atoms with Crippen LogP contribution < -0.4 is 5.32 Å². The van der Waals surface area contributed by atoms with Crippen LogP contribution in [0.25, 0.3) is 0 Å². The molecular formula is C17H23N5S. The average Bonchev–Trinajstić information content (AvgIpc) is 2.58. The Morgan fingerprint density at radius 1 is 1.35 bits per heavy atom. The Balaban J connectivity index is 1.56. The predicted octanol–water partition coefficient (Wildman–Crippen LogP) is 2.92. The first kappa shape index (κ1) is 16.2. The number of anilines is 1. The van der Waals surface area contributed by atoms with Crippen molar-refractivity contribution in [3.05, 3.63) is 42.5 Å². The third-order valence-corrected chi connectivity index (χ3v) is 4.87. The van der Waals surface area contributed by atoms with Gasteiger partial charge in [0, 0.05) is 31.9 Å². The fourth-order valence-corrected chi connectivity index (χ4v) is 3.37. The van der Waals surface area contributed by atoms with Gasteiger partial charge in [-0.2, -0.15) is 0 Å². The van der Waals surface area contributed by atoms with Crippen LogP contribution >= 0.6 is 11.8 Å². The first-order valence-electron chi connectivity index (χ1n) is 7.99. The van der Waals surface area contributed by atoms with E-state index in [1.807, 2.05) is 24.7 Å². The smallest absolute Gasteiger partial charge is 0.146 e. The fraction of sp³-hybridized carbons (Fsp3) is 0.471. The minimum atomic E-state index is 0.446. The highest BCUT2D eigenvalue weighted by Gasteiger charge is 2.26. The molecule has 6 heteroatoms. The van der Waals surface area contributed by atoms with Crippen molar-refractivity contribution in [3.63, 3.8) is 0 Å². The van der Waals surface area contributed by atoms with Gasteiger partial charge in [-0.1, -0.05) is 13.0 Å². The molecular weight excluding hydrogens is 306 g/mol. The molecule has 1 fully saturated rings. The van der Waals surface area contributed by atoms with E-state index in [4.69, 9.17) is 0 Å². The van der Waals surface area contributed by atoms with Crippen molar-refractivity contribution in [2.24, 2.45) is 5.92 Å². The second-order valence-corrected chi connectivity index (χ2v) is 6.85. The standard InChI is InChI=1S/C17H23N5S/c1-13-11-22(12-14-5-3-4-7-19-14)8-6-15(13)20-16-9-18-10-17(21-16)23-2/h3-5,7,9-10,13,15H,6,8,11-12H2,1-2H3,(H,20,21). The second kappa shape index (κ2) is 7.75. The molecule has 122 valence electrons. The van der Waals surface area contributed by atoms with Gasteiger partial charge in [0.2, 0.25) is 0 Å². The topological polar surface area (TPSA) is 53.9 Å². The van der Waals surface area contributed by atoms with Crippen LogP contribution in [0.3, 0.4) is 0 Å². The van der Waals surface area contributed by atoms with Gasteiger partial charge in [-0.25, -0.2) is 4.98 Å². The van der Waals surface area contributed by atoms with E-state index in [1.54, 1.807) is 18.0 Å². The van der Waals surface area contributed by atoms with E-state index in [0.29, 0.717) is 12.0 Å². The Hall–Kier alpha value is -1.66. The van der Waals surface area contributed by atoms with Crippen molar-refractivity contribution >= 4 is 17.6 Å². The highest BCUT2D eigenvalue weighted by atomic mass is 32.2. The number of piperidine rings is 1. The van der Waals surface area contributed by atoms with E-state index in [1.165, 1.54) is 0 Å². The van der Waals surface area contributed by atoms with Crippen molar-refractivity contribution < 1.29 is 0 Å². The van der Waals surface area contributed by atoms with Gasteiger partial charge in [0.1, 0.15) is 10.8 Å². The molecule has 0 radical (unpaired) electrons. The van der Waals surface area contributed by atoms with Gasteiger partial charge in [-0.05, 0) is 30.7 Å². The Kier molecular flexibility index (Phi) is 5.46. The number of hydrogen-bond donors (Lipinski definition) is 1. The van der Waals surface area contributed by atoms with E-state index in [-0.39, 0.29) is 0 Å². The van der Waals surface area contributed by atoms with E-state index in [9.17, 15) is 0 Å². The van der Waals surface area contributed by atoms with Crippen LogP contribution in [0.5, 0.6) is 0 Å². The molecule has 0 aliphatic carbocycles. The number of nitrogens with zero attached hydrogens (tertiary/aromatic N) is 4. The lowest BCUT2D eigenvalue weighted by Crippen LogP contribution is -2.45. The number of pyridine rings is 1. The Labute approximate surface area is 141 Å². The first-order valence-corrected chi connectivity index (χ1v) is 9.22. The molecule has 2 aromatic rings. The summed E-state index contributed by atoms with van der Waals surface area (Å²) in [7, 11) is 0. The van der Waals surface area contributed by atoms with Crippen molar-refractivity contribution in [2.45, 2.75) is 31.0 Å². The maximum atomic E-state index is 4.57. The molecule has 1 N–H and O–H groups in total. The summed E-state index contributed by atoms with van der Waals surface area (Å²) in [5.41, 5.74) is 1.14. The normalized spacial score (nSPS) is 22.0. The molecule has 3 heterocycles.